The van der Waals surface area contributed by atoms with Crippen molar-refractivity contribution in [3.63, 3.8) is 0 Å². The summed E-state index contributed by atoms with van der Waals surface area (Å²) in [6, 6.07) is 8.49. The zero-order valence-corrected chi connectivity index (χ0v) is 10.7. The summed E-state index contributed by atoms with van der Waals surface area (Å²) in [7, 11) is 0. The van der Waals surface area contributed by atoms with E-state index >= 15 is 0 Å². The lowest BCUT2D eigenvalue weighted by atomic mass is 10.1. The van der Waals surface area contributed by atoms with E-state index in [1.54, 1.807) is 0 Å². The Morgan fingerprint density at radius 3 is 2.38 bits per heavy atom. The number of thioether (sulfide) groups is 1. The second-order valence-corrected chi connectivity index (χ2v) is 5.18. The Labute approximate surface area is 101 Å². The molecular weight excluding hydrogens is 220 g/mol. The van der Waals surface area contributed by atoms with Gasteiger partial charge < -0.3 is 9.47 Å². The van der Waals surface area contributed by atoms with E-state index < -0.39 is 5.79 Å². The van der Waals surface area contributed by atoms with Gasteiger partial charge in [-0.05, 0) is 31.2 Å². The third-order valence-corrected chi connectivity index (χ3v) is 3.91. The summed E-state index contributed by atoms with van der Waals surface area (Å²) in [6.45, 7) is 5.54. The monoisotopic (exact) mass is 238 g/mol. The lowest BCUT2D eigenvalue weighted by Gasteiger charge is -2.22. The van der Waals surface area contributed by atoms with Crippen molar-refractivity contribution in [3.8, 4) is 0 Å². The van der Waals surface area contributed by atoms with E-state index in [-0.39, 0.29) is 0 Å². The maximum Gasteiger partial charge on any atom is 0.192 e. The third-order valence-electron chi connectivity index (χ3n) is 2.69. The van der Waals surface area contributed by atoms with Gasteiger partial charge in [0.1, 0.15) is 0 Å². The first-order valence-corrected chi connectivity index (χ1v) is 6.74. The van der Waals surface area contributed by atoms with E-state index in [1.807, 2.05) is 18.7 Å². The van der Waals surface area contributed by atoms with E-state index in [4.69, 9.17) is 9.47 Å². The van der Waals surface area contributed by atoms with Crippen molar-refractivity contribution < 1.29 is 9.47 Å². The van der Waals surface area contributed by atoms with Crippen molar-refractivity contribution in [2.45, 2.75) is 31.0 Å². The molecule has 0 N–H and O–H groups in total. The molecule has 16 heavy (non-hydrogen) atoms. The smallest absolute Gasteiger partial charge is 0.192 e. The Morgan fingerprint density at radius 2 is 1.81 bits per heavy atom. The van der Waals surface area contributed by atoms with Crippen LogP contribution in [0.2, 0.25) is 0 Å². The van der Waals surface area contributed by atoms with Gasteiger partial charge in [0.15, 0.2) is 5.79 Å². The van der Waals surface area contributed by atoms with Crippen molar-refractivity contribution in [1.29, 1.82) is 0 Å². The molecule has 0 bridgehead atoms. The highest BCUT2D eigenvalue weighted by molar-refractivity contribution is 7.99. The molecule has 1 heterocycles. The predicted molar refractivity (Wildman–Crippen MR) is 66.7 cm³/mol. The van der Waals surface area contributed by atoms with Crippen molar-refractivity contribution >= 4 is 11.8 Å². The first kappa shape index (κ1) is 12.0. The Hall–Kier alpha value is -0.510. The second kappa shape index (κ2) is 5.21. The molecule has 0 atom stereocenters. The molecule has 0 spiro atoms. The quantitative estimate of drug-likeness (QED) is 0.749. The largest absolute Gasteiger partial charge is 0.344 e. The Morgan fingerprint density at radius 1 is 1.19 bits per heavy atom. The molecule has 2 nitrogen and oxygen atoms in total. The molecule has 0 amide bonds. The highest BCUT2D eigenvalue weighted by Crippen LogP contribution is 2.32. The van der Waals surface area contributed by atoms with Crippen LogP contribution in [0, 0.1) is 0 Å². The van der Waals surface area contributed by atoms with Crippen LogP contribution in [0.3, 0.4) is 0 Å². The Balaban J connectivity index is 2.06. The predicted octanol–water partition coefficient (Wildman–Crippen LogP) is 3.41. The van der Waals surface area contributed by atoms with Crippen LogP contribution in [0.4, 0.5) is 0 Å². The van der Waals surface area contributed by atoms with Crippen molar-refractivity contribution in [2.75, 3.05) is 19.0 Å². The fourth-order valence-electron chi connectivity index (χ4n) is 1.76. The van der Waals surface area contributed by atoms with Gasteiger partial charge in [-0.2, -0.15) is 0 Å². The van der Waals surface area contributed by atoms with Gasteiger partial charge in [0.05, 0.1) is 13.2 Å². The molecule has 1 aromatic rings. The first-order chi connectivity index (χ1) is 7.74. The topological polar surface area (TPSA) is 18.5 Å². The van der Waals surface area contributed by atoms with Gasteiger partial charge in [0, 0.05) is 10.5 Å². The summed E-state index contributed by atoms with van der Waals surface area (Å²) in [6.07, 6.45) is 1.20. The minimum absolute atomic E-state index is 0.534. The fourth-order valence-corrected chi connectivity index (χ4v) is 2.52. The normalized spacial score (nSPS) is 18.9. The summed E-state index contributed by atoms with van der Waals surface area (Å²) in [5.41, 5.74) is 1.10. The van der Waals surface area contributed by atoms with Crippen LogP contribution in [-0.2, 0) is 15.3 Å². The van der Waals surface area contributed by atoms with E-state index in [0.29, 0.717) is 13.2 Å². The molecule has 1 saturated heterocycles. The van der Waals surface area contributed by atoms with E-state index in [9.17, 15) is 0 Å². The van der Waals surface area contributed by atoms with Crippen LogP contribution >= 0.6 is 11.8 Å². The Kier molecular flexibility index (Phi) is 3.90. The number of rotatable bonds is 4. The van der Waals surface area contributed by atoms with Gasteiger partial charge in [0.2, 0.25) is 0 Å². The molecular formula is C13H18O2S. The molecule has 3 heteroatoms. The van der Waals surface area contributed by atoms with Crippen LogP contribution in [0.5, 0.6) is 0 Å². The summed E-state index contributed by atoms with van der Waals surface area (Å²) >= 11 is 1.89. The van der Waals surface area contributed by atoms with Crippen LogP contribution in [0.25, 0.3) is 0 Å². The van der Waals surface area contributed by atoms with Crippen LogP contribution in [0.1, 0.15) is 25.8 Å². The average molecular weight is 238 g/mol. The van der Waals surface area contributed by atoms with Gasteiger partial charge in [-0.25, -0.2) is 0 Å². The van der Waals surface area contributed by atoms with Crippen molar-refractivity contribution in [2.24, 2.45) is 0 Å². The van der Waals surface area contributed by atoms with Gasteiger partial charge in [-0.15, -0.1) is 11.8 Å². The molecule has 2 rings (SSSR count). The van der Waals surface area contributed by atoms with Crippen LogP contribution < -0.4 is 0 Å². The van der Waals surface area contributed by atoms with E-state index in [1.165, 1.54) is 17.1 Å². The number of hydrogen-bond acceptors (Lipinski definition) is 3. The van der Waals surface area contributed by atoms with Crippen molar-refractivity contribution in [3.05, 3.63) is 29.8 Å². The van der Waals surface area contributed by atoms with E-state index in [2.05, 4.69) is 31.2 Å². The molecule has 88 valence electrons. The van der Waals surface area contributed by atoms with Gasteiger partial charge in [-0.3, -0.25) is 0 Å². The SMILES string of the molecule is CCCSc1ccc(C2(C)OCCO2)cc1. The molecule has 1 fully saturated rings. The van der Waals surface area contributed by atoms with E-state index in [0.717, 1.165) is 5.56 Å². The first-order valence-electron chi connectivity index (χ1n) is 5.76. The average Bonchev–Trinajstić information content (AvgIpc) is 2.75. The highest BCUT2D eigenvalue weighted by Gasteiger charge is 2.32. The van der Waals surface area contributed by atoms with Crippen LogP contribution in [-0.4, -0.2) is 19.0 Å². The molecule has 1 aliphatic heterocycles. The summed E-state index contributed by atoms with van der Waals surface area (Å²) in [5, 5.41) is 0. The summed E-state index contributed by atoms with van der Waals surface area (Å²) in [5.74, 6) is 0.636. The van der Waals surface area contributed by atoms with Crippen molar-refractivity contribution in [1.82, 2.24) is 0 Å². The van der Waals surface area contributed by atoms with Gasteiger partial charge >= 0.3 is 0 Å². The summed E-state index contributed by atoms with van der Waals surface area (Å²) < 4.78 is 11.2. The number of hydrogen-bond donors (Lipinski definition) is 0. The molecule has 0 unspecified atom stereocenters. The minimum Gasteiger partial charge on any atom is -0.344 e. The minimum atomic E-state index is -0.534. The zero-order chi connectivity index (χ0) is 11.4. The lowest BCUT2D eigenvalue weighted by molar-refractivity contribution is -0.149. The Bertz CT molecular complexity index is 328. The molecule has 0 saturated carbocycles. The van der Waals surface area contributed by atoms with Gasteiger partial charge in [-0.1, -0.05) is 19.1 Å². The maximum atomic E-state index is 5.62. The standard InChI is InChI=1S/C13H18O2S/c1-3-10-16-12-6-4-11(5-7-12)13(2)14-8-9-15-13/h4-7H,3,8-10H2,1-2H3. The fraction of sp³-hybridized carbons (Fsp3) is 0.538. The zero-order valence-electron chi connectivity index (χ0n) is 9.86. The molecule has 1 aromatic carbocycles. The van der Waals surface area contributed by atoms with Gasteiger partial charge in [0.25, 0.3) is 0 Å². The molecule has 0 aliphatic carbocycles. The third kappa shape index (κ3) is 2.59. The molecule has 1 aliphatic rings. The lowest BCUT2D eigenvalue weighted by Crippen LogP contribution is -2.22. The molecule has 0 aromatic heterocycles. The summed E-state index contributed by atoms with van der Waals surface area (Å²) in [4.78, 5) is 1.31. The number of benzene rings is 1. The maximum absolute atomic E-state index is 5.62. The second-order valence-electron chi connectivity index (χ2n) is 4.02. The number of ether oxygens (including phenoxy) is 2. The van der Waals surface area contributed by atoms with Crippen LogP contribution in [0.15, 0.2) is 29.2 Å². The molecule has 0 radical (unpaired) electrons. The highest BCUT2D eigenvalue weighted by atomic mass is 32.2.